The fourth-order valence-electron chi connectivity index (χ4n) is 9.76. The van der Waals surface area contributed by atoms with Crippen molar-refractivity contribution in [3.8, 4) is 6.07 Å². The lowest BCUT2D eigenvalue weighted by Gasteiger charge is -2.63. The molecule has 0 radical (unpaired) electrons. The van der Waals surface area contributed by atoms with Crippen molar-refractivity contribution in [2.24, 2.45) is 46.3 Å². The summed E-state index contributed by atoms with van der Waals surface area (Å²) in [6.45, 7) is 8.47. The molecule has 6 nitrogen and oxygen atoms in total. The molecule has 0 bridgehead atoms. The standard InChI is InChI=1S/C28H43N3O3/c1-18(15-31-16-19(13-29)14-30-31)22-7-8-23-21-6-5-20-11-28(33,17-34-4)10-9-26(20,2)25(21)24(32)12-27(22,23)3/h14,16,18,20-25,32-33H,5-12,15,17H2,1-4H3/t18-,20-,21+,22-,23+,24+,25-,26+,27-,28-/m1/s1. The van der Waals surface area contributed by atoms with Gasteiger partial charge in [0, 0.05) is 19.9 Å². The molecule has 4 saturated carbocycles. The Kier molecular flexibility index (Phi) is 6.15. The van der Waals surface area contributed by atoms with Crippen molar-refractivity contribution < 1.29 is 14.9 Å². The normalized spacial score (nSPS) is 46.7. The fourth-order valence-corrected chi connectivity index (χ4v) is 9.76. The number of ether oxygens (including phenoxy) is 1. The molecule has 0 aliphatic heterocycles. The topological polar surface area (TPSA) is 91.3 Å². The third-order valence-electron chi connectivity index (χ3n) is 11.2. The number of nitrogens with zero attached hydrogens (tertiary/aromatic N) is 3. The van der Waals surface area contributed by atoms with Crippen LogP contribution in [0.25, 0.3) is 0 Å². The Morgan fingerprint density at radius 2 is 2.00 bits per heavy atom. The van der Waals surface area contributed by atoms with Gasteiger partial charge in [-0.3, -0.25) is 4.68 Å². The van der Waals surface area contributed by atoms with Crippen molar-refractivity contribution in [1.82, 2.24) is 9.78 Å². The van der Waals surface area contributed by atoms with E-state index in [0.717, 1.165) is 38.6 Å². The maximum atomic E-state index is 11.7. The van der Waals surface area contributed by atoms with E-state index in [4.69, 9.17) is 10.00 Å². The van der Waals surface area contributed by atoms with Crippen LogP contribution in [0, 0.1) is 57.7 Å². The summed E-state index contributed by atoms with van der Waals surface area (Å²) in [6, 6.07) is 2.18. The number of aliphatic hydroxyl groups excluding tert-OH is 1. The van der Waals surface area contributed by atoms with Gasteiger partial charge in [0.2, 0.25) is 0 Å². The van der Waals surface area contributed by atoms with Gasteiger partial charge in [0.25, 0.3) is 0 Å². The second-order valence-corrected chi connectivity index (χ2v) is 12.9. The predicted molar refractivity (Wildman–Crippen MR) is 130 cm³/mol. The molecule has 10 atom stereocenters. The lowest BCUT2D eigenvalue weighted by atomic mass is 9.43. The molecular weight excluding hydrogens is 426 g/mol. The van der Waals surface area contributed by atoms with E-state index < -0.39 is 5.60 Å². The van der Waals surface area contributed by atoms with E-state index in [2.05, 4.69) is 31.9 Å². The number of hydrogen-bond acceptors (Lipinski definition) is 5. The lowest BCUT2D eigenvalue weighted by Crippen LogP contribution is -2.61. The van der Waals surface area contributed by atoms with Gasteiger partial charge in [0.1, 0.15) is 6.07 Å². The molecule has 0 aromatic carbocycles. The van der Waals surface area contributed by atoms with Gasteiger partial charge in [-0.15, -0.1) is 0 Å². The average molecular weight is 470 g/mol. The van der Waals surface area contributed by atoms with Gasteiger partial charge >= 0.3 is 0 Å². The highest BCUT2D eigenvalue weighted by Gasteiger charge is 2.64. The highest BCUT2D eigenvalue weighted by atomic mass is 16.5. The molecule has 4 aliphatic carbocycles. The first-order chi connectivity index (χ1) is 16.1. The molecule has 34 heavy (non-hydrogen) atoms. The van der Waals surface area contributed by atoms with Crippen LogP contribution in [-0.2, 0) is 11.3 Å². The Balaban J connectivity index is 1.35. The summed E-state index contributed by atoms with van der Waals surface area (Å²) in [7, 11) is 1.68. The molecular formula is C28H43N3O3. The molecule has 0 amide bonds. The summed E-state index contributed by atoms with van der Waals surface area (Å²) in [5.74, 6) is 3.07. The molecule has 188 valence electrons. The summed E-state index contributed by atoms with van der Waals surface area (Å²) in [4.78, 5) is 0. The minimum atomic E-state index is -0.703. The van der Waals surface area contributed by atoms with E-state index in [0.29, 0.717) is 47.7 Å². The highest BCUT2D eigenvalue weighted by molar-refractivity contribution is 5.21. The first-order valence-corrected chi connectivity index (χ1v) is 13.5. The SMILES string of the molecule is COC[C@@]1(O)CC[C@@]2(C)[C@H](CC[C@@H]3[C@@H]2[C@@H](O)C[C@]2(C)[C@@H]([C@H](C)Cn4cc(C#N)cn4)CC[C@@H]32)C1. The summed E-state index contributed by atoms with van der Waals surface area (Å²) in [5, 5.41) is 36.4. The van der Waals surface area contributed by atoms with Gasteiger partial charge < -0.3 is 14.9 Å². The molecule has 6 heteroatoms. The summed E-state index contributed by atoms with van der Waals surface area (Å²) in [6.07, 6.45) is 11.5. The molecule has 1 aromatic heterocycles. The zero-order chi connectivity index (χ0) is 24.3. The van der Waals surface area contributed by atoms with Crippen LogP contribution in [0.5, 0.6) is 0 Å². The van der Waals surface area contributed by atoms with E-state index in [9.17, 15) is 10.2 Å². The van der Waals surface area contributed by atoms with E-state index in [-0.39, 0.29) is 16.9 Å². The minimum Gasteiger partial charge on any atom is -0.393 e. The Morgan fingerprint density at radius 1 is 1.21 bits per heavy atom. The predicted octanol–water partition coefficient (Wildman–Crippen LogP) is 4.40. The Bertz CT molecular complexity index is 942. The zero-order valence-corrected chi connectivity index (χ0v) is 21.4. The van der Waals surface area contributed by atoms with E-state index in [1.165, 1.54) is 19.3 Å². The molecule has 5 rings (SSSR count). The quantitative estimate of drug-likeness (QED) is 0.667. The summed E-state index contributed by atoms with van der Waals surface area (Å²) in [5.41, 5.74) is 0.176. The monoisotopic (exact) mass is 469 g/mol. The smallest absolute Gasteiger partial charge is 0.102 e. The van der Waals surface area contributed by atoms with Crippen LogP contribution >= 0.6 is 0 Å². The van der Waals surface area contributed by atoms with E-state index in [1.807, 2.05) is 10.9 Å². The van der Waals surface area contributed by atoms with Crippen molar-refractivity contribution in [2.75, 3.05) is 13.7 Å². The fraction of sp³-hybridized carbons (Fsp3) is 0.857. The molecule has 2 N–H and O–H groups in total. The zero-order valence-electron chi connectivity index (χ0n) is 21.4. The second-order valence-electron chi connectivity index (χ2n) is 12.9. The number of fused-ring (bicyclic) bond motifs is 5. The van der Waals surface area contributed by atoms with Crippen LogP contribution in [0.2, 0.25) is 0 Å². The van der Waals surface area contributed by atoms with Gasteiger partial charge in [0.15, 0.2) is 0 Å². The Hall–Kier alpha value is -1.42. The molecule has 4 fully saturated rings. The number of aromatic nitrogens is 2. The third kappa shape index (κ3) is 3.74. The van der Waals surface area contributed by atoms with Crippen LogP contribution in [0.1, 0.15) is 77.7 Å². The first-order valence-electron chi connectivity index (χ1n) is 13.5. The summed E-state index contributed by atoms with van der Waals surface area (Å²) >= 11 is 0. The van der Waals surface area contributed by atoms with Crippen molar-refractivity contribution in [3.05, 3.63) is 18.0 Å². The Labute approximate surface area is 204 Å². The van der Waals surface area contributed by atoms with Crippen LogP contribution in [-0.4, -0.2) is 45.4 Å². The van der Waals surface area contributed by atoms with Crippen molar-refractivity contribution >= 4 is 0 Å². The van der Waals surface area contributed by atoms with Gasteiger partial charge in [-0.2, -0.15) is 10.4 Å². The van der Waals surface area contributed by atoms with Crippen LogP contribution in [0.4, 0.5) is 0 Å². The minimum absolute atomic E-state index is 0.107. The highest BCUT2D eigenvalue weighted by Crippen LogP contribution is 2.68. The first kappa shape index (κ1) is 24.3. The lowest BCUT2D eigenvalue weighted by molar-refractivity contribution is -0.198. The molecule has 1 heterocycles. The number of methoxy groups -OCH3 is 1. The maximum Gasteiger partial charge on any atom is 0.102 e. The molecule has 0 unspecified atom stereocenters. The van der Waals surface area contributed by atoms with Gasteiger partial charge in [-0.25, -0.2) is 0 Å². The number of nitriles is 1. The van der Waals surface area contributed by atoms with Gasteiger partial charge in [-0.05, 0) is 97.7 Å². The van der Waals surface area contributed by atoms with Crippen molar-refractivity contribution in [3.63, 3.8) is 0 Å². The van der Waals surface area contributed by atoms with Crippen molar-refractivity contribution in [2.45, 2.75) is 90.4 Å². The van der Waals surface area contributed by atoms with Crippen molar-refractivity contribution in [1.29, 1.82) is 5.26 Å². The van der Waals surface area contributed by atoms with E-state index in [1.54, 1.807) is 13.3 Å². The molecule has 1 aromatic rings. The molecule has 0 spiro atoms. The van der Waals surface area contributed by atoms with Gasteiger partial charge in [0.05, 0.1) is 30.1 Å². The average Bonchev–Trinajstić information content (AvgIpc) is 3.37. The summed E-state index contributed by atoms with van der Waals surface area (Å²) < 4.78 is 7.29. The van der Waals surface area contributed by atoms with Crippen LogP contribution in [0.15, 0.2) is 12.4 Å². The van der Waals surface area contributed by atoms with E-state index >= 15 is 0 Å². The van der Waals surface area contributed by atoms with Gasteiger partial charge in [-0.1, -0.05) is 20.8 Å². The number of aliphatic hydroxyl groups is 2. The number of hydrogen-bond donors (Lipinski definition) is 2. The molecule has 4 aliphatic rings. The van der Waals surface area contributed by atoms with Crippen LogP contribution < -0.4 is 0 Å². The van der Waals surface area contributed by atoms with Crippen LogP contribution in [0.3, 0.4) is 0 Å². The maximum absolute atomic E-state index is 11.7. The second kappa shape index (κ2) is 8.61. The largest absolute Gasteiger partial charge is 0.393 e. The number of rotatable bonds is 5. The third-order valence-corrected chi connectivity index (χ3v) is 11.2. The Morgan fingerprint density at radius 3 is 2.71 bits per heavy atom. The molecule has 0 saturated heterocycles.